The van der Waals surface area contributed by atoms with E-state index < -0.39 is 17.8 Å². The van der Waals surface area contributed by atoms with Crippen molar-refractivity contribution in [3.05, 3.63) is 36.4 Å². The zero-order valence-electron chi connectivity index (χ0n) is 13.8. The van der Waals surface area contributed by atoms with Gasteiger partial charge in [-0.1, -0.05) is 31.8 Å². The third-order valence-electron chi connectivity index (χ3n) is 3.51. The lowest BCUT2D eigenvalue weighted by molar-refractivity contribution is 0.0693. The Labute approximate surface area is 142 Å². The molecule has 0 atom stereocenters. The Morgan fingerprint density at radius 2 is 1.79 bits per heavy atom. The molecule has 0 aliphatic rings. The van der Waals surface area contributed by atoms with Gasteiger partial charge in [-0.15, -0.1) is 6.58 Å². The van der Waals surface area contributed by atoms with E-state index >= 15 is 0 Å². The predicted molar refractivity (Wildman–Crippen MR) is 92.6 cm³/mol. The second-order valence-electron chi connectivity index (χ2n) is 5.50. The molecule has 0 saturated carbocycles. The highest BCUT2D eigenvalue weighted by atomic mass is 16.5. The first-order valence-corrected chi connectivity index (χ1v) is 8.15. The van der Waals surface area contributed by atoms with Gasteiger partial charge in [0.2, 0.25) is 0 Å². The van der Waals surface area contributed by atoms with Gasteiger partial charge in [-0.25, -0.2) is 9.59 Å². The Kier molecular flexibility index (Phi) is 9.04. The van der Waals surface area contributed by atoms with E-state index in [1.165, 1.54) is 37.5 Å². The van der Waals surface area contributed by atoms with E-state index in [0.717, 1.165) is 25.7 Å². The molecule has 0 aliphatic heterocycles. The van der Waals surface area contributed by atoms with Gasteiger partial charge in [0.1, 0.15) is 11.3 Å². The molecule has 0 unspecified atom stereocenters. The molecule has 0 fully saturated rings. The van der Waals surface area contributed by atoms with E-state index in [2.05, 4.69) is 11.9 Å². The minimum atomic E-state index is -1.23. The van der Waals surface area contributed by atoms with Crippen LogP contribution in [0.4, 0.5) is 10.5 Å². The number of benzene rings is 1. The van der Waals surface area contributed by atoms with Gasteiger partial charge in [0.15, 0.2) is 0 Å². The van der Waals surface area contributed by atoms with Crippen LogP contribution in [0.5, 0.6) is 5.75 Å². The summed E-state index contributed by atoms with van der Waals surface area (Å²) >= 11 is 0. The van der Waals surface area contributed by atoms with Crippen molar-refractivity contribution < 1.29 is 24.5 Å². The molecule has 132 valence electrons. The number of carbonyl (C=O) groups is 2. The third kappa shape index (κ3) is 7.67. The number of rotatable bonds is 11. The number of aromatic carboxylic acids is 1. The number of aromatic hydroxyl groups is 1. The summed E-state index contributed by atoms with van der Waals surface area (Å²) in [7, 11) is 0. The number of hydrogen-bond acceptors (Lipinski definition) is 4. The highest BCUT2D eigenvalue weighted by Gasteiger charge is 2.11. The zero-order chi connectivity index (χ0) is 17.8. The highest BCUT2D eigenvalue weighted by Crippen LogP contribution is 2.22. The summed E-state index contributed by atoms with van der Waals surface area (Å²) < 4.78 is 5.05. The molecule has 3 N–H and O–H groups in total. The molecule has 1 amide bonds. The molecule has 0 radical (unpaired) electrons. The molecule has 24 heavy (non-hydrogen) atoms. The van der Waals surface area contributed by atoms with Crippen LogP contribution in [0, 0.1) is 0 Å². The largest absolute Gasteiger partial charge is 0.507 e. The highest BCUT2D eigenvalue weighted by molar-refractivity contribution is 5.92. The van der Waals surface area contributed by atoms with Gasteiger partial charge in [0, 0.05) is 11.8 Å². The fourth-order valence-corrected chi connectivity index (χ4v) is 2.21. The molecule has 1 rings (SSSR count). The average Bonchev–Trinajstić information content (AvgIpc) is 2.53. The number of carboxylic acid groups (broad SMARTS) is 1. The molecule has 0 bridgehead atoms. The topological polar surface area (TPSA) is 95.9 Å². The van der Waals surface area contributed by atoms with Gasteiger partial charge < -0.3 is 14.9 Å². The Hall–Kier alpha value is -2.50. The molecule has 0 aliphatic carbocycles. The summed E-state index contributed by atoms with van der Waals surface area (Å²) in [6.07, 6.45) is 8.85. The standard InChI is InChI=1S/C18H25NO5/c1-2-3-4-5-6-7-8-9-12-24-18(23)19-14-10-11-15(17(21)22)16(20)13-14/h2,10-11,13,20H,1,3-9,12H2,(H,19,23)(H,21,22). The lowest BCUT2D eigenvalue weighted by Gasteiger charge is -2.08. The van der Waals surface area contributed by atoms with E-state index in [4.69, 9.17) is 9.84 Å². The van der Waals surface area contributed by atoms with Gasteiger partial charge in [-0.3, -0.25) is 5.32 Å². The smallest absolute Gasteiger partial charge is 0.411 e. The molecule has 0 saturated heterocycles. The number of allylic oxidation sites excluding steroid dienone is 1. The molecule has 6 nitrogen and oxygen atoms in total. The Balaban J connectivity index is 2.17. The van der Waals surface area contributed by atoms with Crippen molar-refractivity contribution in [1.82, 2.24) is 0 Å². The minimum Gasteiger partial charge on any atom is -0.507 e. The molecule has 1 aromatic carbocycles. The van der Waals surface area contributed by atoms with Crippen molar-refractivity contribution in [2.24, 2.45) is 0 Å². The molecule has 0 aromatic heterocycles. The number of carboxylic acids is 1. The first-order valence-electron chi connectivity index (χ1n) is 8.15. The van der Waals surface area contributed by atoms with Crippen LogP contribution in [-0.4, -0.2) is 28.9 Å². The van der Waals surface area contributed by atoms with Gasteiger partial charge >= 0.3 is 12.1 Å². The van der Waals surface area contributed by atoms with Crippen LogP contribution in [0.3, 0.4) is 0 Å². The van der Waals surface area contributed by atoms with Gasteiger partial charge in [0.05, 0.1) is 6.61 Å². The van der Waals surface area contributed by atoms with E-state index in [9.17, 15) is 14.7 Å². The molecular weight excluding hydrogens is 310 g/mol. The molecular formula is C18H25NO5. The normalized spacial score (nSPS) is 10.2. The van der Waals surface area contributed by atoms with Gasteiger partial charge in [-0.2, -0.15) is 0 Å². The van der Waals surface area contributed by atoms with E-state index in [0.29, 0.717) is 6.61 Å². The van der Waals surface area contributed by atoms with Crippen molar-refractivity contribution in [3.8, 4) is 5.75 Å². The maximum atomic E-state index is 11.6. The lowest BCUT2D eigenvalue weighted by atomic mass is 10.1. The summed E-state index contributed by atoms with van der Waals surface area (Å²) in [5.41, 5.74) is 0.0618. The van der Waals surface area contributed by atoms with Crippen LogP contribution in [0.1, 0.15) is 55.3 Å². The fourth-order valence-electron chi connectivity index (χ4n) is 2.21. The molecule has 0 heterocycles. The number of carbonyl (C=O) groups excluding carboxylic acids is 1. The molecule has 1 aromatic rings. The maximum Gasteiger partial charge on any atom is 0.411 e. The van der Waals surface area contributed by atoms with Crippen molar-refractivity contribution in [3.63, 3.8) is 0 Å². The van der Waals surface area contributed by atoms with Crippen molar-refractivity contribution in [2.45, 2.75) is 44.9 Å². The molecule has 6 heteroatoms. The van der Waals surface area contributed by atoms with Crippen molar-refractivity contribution in [2.75, 3.05) is 11.9 Å². The third-order valence-corrected chi connectivity index (χ3v) is 3.51. The number of nitrogens with one attached hydrogen (secondary N) is 1. The number of amides is 1. The monoisotopic (exact) mass is 335 g/mol. The first kappa shape index (κ1) is 19.5. The molecule has 0 spiro atoms. The van der Waals surface area contributed by atoms with Crippen LogP contribution in [0.25, 0.3) is 0 Å². The number of hydrogen-bond donors (Lipinski definition) is 3. The van der Waals surface area contributed by atoms with Gasteiger partial charge in [0.25, 0.3) is 0 Å². The van der Waals surface area contributed by atoms with Crippen LogP contribution in [0.2, 0.25) is 0 Å². The number of unbranched alkanes of at least 4 members (excludes halogenated alkanes) is 6. The first-order chi connectivity index (χ1) is 11.5. The SMILES string of the molecule is C=CCCCCCCCCOC(=O)Nc1ccc(C(=O)O)c(O)c1. The number of phenols is 1. The van der Waals surface area contributed by atoms with Crippen molar-refractivity contribution >= 4 is 17.7 Å². The van der Waals surface area contributed by atoms with Crippen LogP contribution < -0.4 is 5.32 Å². The second kappa shape index (κ2) is 11.1. The Bertz CT molecular complexity index is 556. The van der Waals surface area contributed by atoms with Crippen molar-refractivity contribution in [1.29, 1.82) is 0 Å². The Morgan fingerprint density at radius 1 is 1.12 bits per heavy atom. The number of ether oxygens (including phenoxy) is 1. The maximum absolute atomic E-state index is 11.6. The van der Waals surface area contributed by atoms with Gasteiger partial charge in [-0.05, 0) is 31.4 Å². The second-order valence-corrected chi connectivity index (χ2v) is 5.50. The summed E-state index contributed by atoms with van der Waals surface area (Å²) in [4.78, 5) is 22.4. The fraction of sp³-hybridized carbons (Fsp3) is 0.444. The summed E-state index contributed by atoms with van der Waals surface area (Å²) in [6.45, 7) is 4.02. The number of anilines is 1. The summed E-state index contributed by atoms with van der Waals surface area (Å²) in [6, 6.07) is 3.79. The lowest BCUT2D eigenvalue weighted by Crippen LogP contribution is -2.14. The van der Waals surface area contributed by atoms with E-state index in [-0.39, 0.29) is 11.3 Å². The summed E-state index contributed by atoms with van der Waals surface area (Å²) in [5, 5.41) is 20.8. The van der Waals surface area contributed by atoms with Crippen LogP contribution in [0.15, 0.2) is 30.9 Å². The van der Waals surface area contributed by atoms with Crippen LogP contribution in [-0.2, 0) is 4.74 Å². The Morgan fingerprint density at radius 3 is 2.42 bits per heavy atom. The zero-order valence-corrected chi connectivity index (χ0v) is 13.8. The predicted octanol–water partition coefficient (Wildman–Crippen LogP) is 4.56. The quantitative estimate of drug-likeness (QED) is 0.407. The average molecular weight is 335 g/mol. The minimum absolute atomic E-state index is 0.220. The summed E-state index contributed by atoms with van der Waals surface area (Å²) in [5.74, 6) is -1.64. The van der Waals surface area contributed by atoms with Crippen LogP contribution >= 0.6 is 0 Å². The van der Waals surface area contributed by atoms with E-state index in [1.807, 2.05) is 6.08 Å². The van der Waals surface area contributed by atoms with E-state index in [1.54, 1.807) is 0 Å².